The van der Waals surface area contributed by atoms with Crippen molar-refractivity contribution in [2.45, 2.75) is 31.3 Å². The number of halogens is 1. The third-order valence-corrected chi connectivity index (χ3v) is 5.75. The van der Waals surface area contributed by atoms with Crippen LogP contribution >= 0.6 is 23.4 Å². The van der Waals surface area contributed by atoms with Gasteiger partial charge in [-0.25, -0.2) is 4.98 Å². The molecule has 1 fully saturated rings. The Morgan fingerprint density at radius 3 is 2.79 bits per heavy atom. The van der Waals surface area contributed by atoms with Crippen LogP contribution in [0.3, 0.4) is 0 Å². The van der Waals surface area contributed by atoms with E-state index in [-0.39, 0.29) is 0 Å². The van der Waals surface area contributed by atoms with Crippen molar-refractivity contribution in [1.82, 2.24) is 19.7 Å². The number of hydrogen-bond donors (Lipinski definition) is 0. The van der Waals surface area contributed by atoms with Crippen LogP contribution in [-0.4, -0.2) is 46.1 Å². The van der Waals surface area contributed by atoms with Gasteiger partial charge in [0.2, 0.25) is 11.8 Å². The highest BCUT2D eigenvalue weighted by atomic mass is 35.5. The fourth-order valence-electron chi connectivity index (χ4n) is 3.18. The van der Waals surface area contributed by atoms with Gasteiger partial charge in [0.1, 0.15) is 6.26 Å². The maximum Gasteiger partial charge on any atom is 0.228 e. The van der Waals surface area contributed by atoms with E-state index in [1.54, 1.807) is 18.0 Å². The number of oxazole rings is 1. The Kier molecular flexibility index (Phi) is 6.42. The molecular formula is C20H24ClN5O2S. The second-order valence-electron chi connectivity index (χ2n) is 7.33. The van der Waals surface area contributed by atoms with Crippen LogP contribution in [0.5, 0.6) is 0 Å². The topological polar surface area (TPSA) is 69.2 Å². The molecule has 7 nitrogen and oxygen atoms in total. The van der Waals surface area contributed by atoms with Gasteiger partial charge >= 0.3 is 0 Å². The molecule has 0 radical (unpaired) electrons. The summed E-state index contributed by atoms with van der Waals surface area (Å²) in [4.78, 5) is 6.84. The number of hydrogen-bond acceptors (Lipinski definition) is 7. The first-order valence-corrected chi connectivity index (χ1v) is 11.1. The third-order valence-electron chi connectivity index (χ3n) is 4.51. The molecule has 0 aliphatic carbocycles. The number of rotatable bonds is 7. The highest BCUT2D eigenvalue weighted by Gasteiger charge is 2.21. The van der Waals surface area contributed by atoms with E-state index in [0.717, 1.165) is 55.2 Å². The second-order valence-corrected chi connectivity index (χ2v) is 8.71. The van der Waals surface area contributed by atoms with Gasteiger partial charge in [0.05, 0.1) is 18.9 Å². The van der Waals surface area contributed by atoms with E-state index in [0.29, 0.717) is 22.6 Å². The summed E-state index contributed by atoms with van der Waals surface area (Å²) in [7, 11) is 0. The van der Waals surface area contributed by atoms with Crippen molar-refractivity contribution < 1.29 is 9.15 Å². The molecule has 3 heterocycles. The molecule has 29 heavy (non-hydrogen) atoms. The van der Waals surface area contributed by atoms with Crippen LogP contribution < -0.4 is 4.90 Å². The largest absolute Gasteiger partial charge is 0.444 e. The fraction of sp³-hybridized carbons (Fsp3) is 0.450. The zero-order chi connectivity index (χ0) is 20.2. The highest BCUT2D eigenvalue weighted by Crippen LogP contribution is 2.28. The highest BCUT2D eigenvalue weighted by molar-refractivity contribution is 7.98. The maximum atomic E-state index is 6.06. The average Bonchev–Trinajstić information content (AvgIpc) is 3.34. The molecule has 1 aliphatic heterocycles. The minimum absolute atomic E-state index is 0.492. The van der Waals surface area contributed by atoms with Crippen molar-refractivity contribution in [1.29, 1.82) is 0 Å². The Hall–Kier alpha value is -2.03. The van der Waals surface area contributed by atoms with Crippen LogP contribution in [0.25, 0.3) is 11.5 Å². The van der Waals surface area contributed by atoms with Gasteiger partial charge in [-0.15, -0.1) is 10.2 Å². The number of ether oxygens (including phenoxy) is 1. The van der Waals surface area contributed by atoms with Gasteiger partial charge in [-0.05, 0) is 24.1 Å². The zero-order valence-corrected chi connectivity index (χ0v) is 18.1. The van der Waals surface area contributed by atoms with Crippen molar-refractivity contribution in [3.05, 3.63) is 41.2 Å². The summed E-state index contributed by atoms with van der Waals surface area (Å²) >= 11 is 7.69. The molecule has 2 aromatic heterocycles. The molecular weight excluding hydrogens is 410 g/mol. The molecule has 4 rings (SSSR count). The summed E-state index contributed by atoms with van der Waals surface area (Å²) in [5, 5.41) is 10.5. The van der Waals surface area contributed by atoms with E-state index in [1.807, 2.05) is 24.3 Å². The van der Waals surface area contributed by atoms with Crippen LogP contribution in [-0.2, 0) is 17.0 Å². The number of nitrogens with zero attached hydrogens (tertiary/aromatic N) is 5. The van der Waals surface area contributed by atoms with Crippen LogP contribution in [0.2, 0.25) is 5.02 Å². The standard InChI is InChI=1S/C20H24ClN5O2S/c1-14(2)11-26-19(25-6-8-27-9-7-25)23-24-20(26)29-13-17-12-28-18(22-17)15-4-3-5-16(21)10-15/h3-5,10,12,14H,6-9,11,13H2,1-2H3. The maximum absolute atomic E-state index is 6.06. The second kappa shape index (κ2) is 9.19. The Labute approximate surface area is 179 Å². The van der Waals surface area contributed by atoms with Crippen molar-refractivity contribution >= 4 is 29.3 Å². The lowest BCUT2D eigenvalue weighted by Crippen LogP contribution is -2.38. The lowest BCUT2D eigenvalue weighted by molar-refractivity contribution is 0.121. The first kappa shape index (κ1) is 20.3. The van der Waals surface area contributed by atoms with Crippen molar-refractivity contribution in [2.75, 3.05) is 31.2 Å². The molecule has 154 valence electrons. The molecule has 0 amide bonds. The summed E-state index contributed by atoms with van der Waals surface area (Å²) in [6, 6.07) is 7.50. The van der Waals surface area contributed by atoms with E-state index in [2.05, 4.69) is 38.5 Å². The Morgan fingerprint density at radius 2 is 2.03 bits per heavy atom. The van der Waals surface area contributed by atoms with Crippen LogP contribution in [0, 0.1) is 5.92 Å². The summed E-state index contributed by atoms with van der Waals surface area (Å²) in [6.45, 7) is 8.40. The molecule has 0 N–H and O–H groups in total. The van der Waals surface area contributed by atoms with Crippen LogP contribution in [0.1, 0.15) is 19.5 Å². The van der Waals surface area contributed by atoms with Gasteiger partial charge in [-0.1, -0.05) is 43.3 Å². The van der Waals surface area contributed by atoms with E-state index in [9.17, 15) is 0 Å². The molecule has 0 spiro atoms. The Bertz CT molecular complexity index is 952. The van der Waals surface area contributed by atoms with E-state index >= 15 is 0 Å². The van der Waals surface area contributed by atoms with Gasteiger partial charge in [0.15, 0.2) is 5.16 Å². The molecule has 0 bridgehead atoms. The molecule has 0 unspecified atom stereocenters. The molecule has 3 aromatic rings. The van der Waals surface area contributed by atoms with Gasteiger partial charge in [-0.2, -0.15) is 0 Å². The first-order chi connectivity index (χ1) is 14.1. The minimum Gasteiger partial charge on any atom is -0.444 e. The summed E-state index contributed by atoms with van der Waals surface area (Å²) in [6.07, 6.45) is 1.69. The molecule has 1 aliphatic rings. The molecule has 1 saturated heterocycles. The summed E-state index contributed by atoms with van der Waals surface area (Å²) in [5.41, 5.74) is 1.73. The predicted molar refractivity (Wildman–Crippen MR) is 114 cm³/mol. The van der Waals surface area contributed by atoms with E-state index in [4.69, 9.17) is 20.8 Å². The molecule has 0 saturated carbocycles. The number of anilines is 1. The van der Waals surface area contributed by atoms with E-state index in [1.165, 1.54) is 0 Å². The number of thioether (sulfide) groups is 1. The van der Waals surface area contributed by atoms with Crippen molar-refractivity contribution in [2.24, 2.45) is 5.92 Å². The summed E-state index contributed by atoms with van der Waals surface area (Å²) < 4.78 is 13.3. The normalized spacial score (nSPS) is 14.7. The monoisotopic (exact) mass is 433 g/mol. The van der Waals surface area contributed by atoms with Crippen LogP contribution in [0.15, 0.2) is 40.1 Å². The molecule has 1 aromatic carbocycles. The quantitative estimate of drug-likeness (QED) is 0.512. The average molecular weight is 434 g/mol. The third kappa shape index (κ3) is 4.94. The smallest absolute Gasteiger partial charge is 0.228 e. The Morgan fingerprint density at radius 1 is 1.21 bits per heavy atom. The van der Waals surface area contributed by atoms with Crippen molar-refractivity contribution in [3.63, 3.8) is 0 Å². The number of morpholine rings is 1. The lowest BCUT2D eigenvalue weighted by atomic mass is 10.2. The molecule has 9 heteroatoms. The predicted octanol–water partition coefficient (Wildman–Crippen LogP) is 4.37. The van der Waals surface area contributed by atoms with Gasteiger partial charge < -0.3 is 14.1 Å². The number of benzene rings is 1. The van der Waals surface area contributed by atoms with Crippen molar-refractivity contribution in [3.8, 4) is 11.5 Å². The minimum atomic E-state index is 0.492. The Balaban J connectivity index is 1.48. The first-order valence-electron chi connectivity index (χ1n) is 9.69. The number of aromatic nitrogens is 4. The van der Waals surface area contributed by atoms with E-state index < -0.39 is 0 Å². The molecule has 0 atom stereocenters. The fourth-order valence-corrected chi connectivity index (χ4v) is 4.19. The zero-order valence-electron chi connectivity index (χ0n) is 16.5. The SMILES string of the molecule is CC(C)Cn1c(SCc2coc(-c3cccc(Cl)c3)n2)nnc1N1CCOCC1. The van der Waals surface area contributed by atoms with Gasteiger partial charge in [-0.3, -0.25) is 4.57 Å². The van der Waals surface area contributed by atoms with Gasteiger partial charge in [0.25, 0.3) is 0 Å². The summed E-state index contributed by atoms with van der Waals surface area (Å²) in [5.74, 6) is 2.64. The lowest BCUT2D eigenvalue weighted by Gasteiger charge is -2.28. The van der Waals surface area contributed by atoms with Crippen LogP contribution in [0.4, 0.5) is 5.95 Å². The van der Waals surface area contributed by atoms with Gasteiger partial charge in [0, 0.05) is 36.0 Å².